The fourth-order valence-corrected chi connectivity index (χ4v) is 2.84. The van der Waals surface area contributed by atoms with E-state index in [1.165, 1.54) is 0 Å². The molecular weight excluding hydrogens is 268 g/mol. The summed E-state index contributed by atoms with van der Waals surface area (Å²) >= 11 is 0. The molecule has 1 fully saturated rings. The van der Waals surface area contributed by atoms with Crippen LogP contribution in [0.1, 0.15) is 11.6 Å². The highest BCUT2D eigenvalue weighted by Gasteiger charge is 2.46. The van der Waals surface area contributed by atoms with E-state index >= 15 is 0 Å². The molecule has 0 bridgehead atoms. The van der Waals surface area contributed by atoms with Gasteiger partial charge in [0.15, 0.2) is 11.5 Å². The number of carbonyl (C=O) groups excluding carboxylic acids is 1. The summed E-state index contributed by atoms with van der Waals surface area (Å²) in [5, 5.41) is 0. The van der Waals surface area contributed by atoms with Gasteiger partial charge < -0.3 is 20.1 Å². The van der Waals surface area contributed by atoms with E-state index in [1.807, 2.05) is 48.5 Å². The Morgan fingerprint density at radius 1 is 1.05 bits per heavy atom. The molecule has 1 amide bonds. The molecule has 106 valence electrons. The maximum Gasteiger partial charge on any atom is 0.247 e. The molecule has 2 aliphatic rings. The second-order valence-corrected chi connectivity index (χ2v) is 5.13. The summed E-state index contributed by atoms with van der Waals surface area (Å²) in [7, 11) is 0. The van der Waals surface area contributed by atoms with E-state index in [4.69, 9.17) is 15.2 Å². The Kier molecular flexibility index (Phi) is 2.62. The van der Waals surface area contributed by atoms with Gasteiger partial charge >= 0.3 is 0 Å². The zero-order valence-corrected chi connectivity index (χ0v) is 11.2. The highest BCUT2D eigenvalue weighted by Crippen LogP contribution is 2.42. The maximum absolute atomic E-state index is 12.2. The Labute approximate surface area is 121 Å². The van der Waals surface area contributed by atoms with Crippen molar-refractivity contribution in [3.8, 4) is 11.5 Å². The first-order chi connectivity index (χ1) is 10.3. The number of ether oxygens (including phenoxy) is 2. The molecular formula is C16H14N2O3. The zero-order chi connectivity index (χ0) is 14.4. The molecule has 0 unspecified atom stereocenters. The maximum atomic E-state index is 12.2. The van der Waals surface area contributed by atoms with Crippen LogP contribution < -0.4 is 20.1 Å². The summed E-state index contributed by atoms with van der Waals surface area (Å²) in [5.74, 6) is 1.28. The summed E-state index contributed by atoms with van der Waals surface area (Å²) in [6.07, 6.45) is 0. The molecule has 2 aromatic carbocycles. The van der Waals surface area contributed by atoms with Gasteiger partial charge in [-0.3, -0.25) is 4.79 Å². The van der Waals surface area contributed by atoms with Crippen LogP contribution >= 0.6 is 0 Å². The SMILES string of the molecule is N[C@H]1C(=O)N(c2ccc3c(c2)OCO3)[C@H]1c1ccccc1. The largest absolute Gasteiger partial charge is 0.454 e. The lowest BCUT2D eigenvalue weighted by molar-refractivity contribution is -0.126. The summed E-state index contributed by atoms with van der Waals surface area (Å²) in [6, 6.07) is 14.7. The van der Waals surface area contributed by atoms with E-state index in [1.54, 1.807) is 4.90 Å². The zero-order valence-electron chi connectivity index (χ0n) is 11.2. The Morgan fingerprint density at radius 2 is 1.81 bits per heavy atom. The number of nitrogens with two attached hydrogens (primary N) is 1. The van der Waals surface area contributed by atoms with E-state index in [0.717, 1.165) is 11.3 Å². The summed E-state index contributed by atoms with van der Waals surface area (Å²) < 4.78 is 10.7. The number of hydrogen-bond donors (Lipinski definition) is 1. The van der Waals surface area contributed by atoms with Crippen LogP contribution in [-0.2, 0) is 4.79 Å². The molecule has 4 rings (SSSR count). The molecule has 2 aromatic rings. The highest BCUT2D eigenvalue weighted by atomic mass is 16.7. The van der Waals surface area contributed by atoms with E-state index in [-0.39, 0.29) is 18.7 Å². The molecule has 2 atom stereocenters. The van der Waals surface area contributed by atoms with Crippen molar-refractivity contribution in [3.05, 3.63) is 54.1 Å². The topological polar surface area (TPSA) is 64.8 Å². The molecule has 0 radical (unpaired) electrons. The number of rotatable bonds is 2. The number of nitrogens with zero attached hydrogens (tertiary/aromatic N) is 1. The molecule has 0 aromatic heterocycles. The Hall–Kier alpha value is -2.53. The summed E-state index contributed by atoms with van der Waals surface area (Å²) in [5.41, 5.74) is 7.80. The predicted octanol–water partition coefficient (Wildman–Crippen LogP) is 1.83. The average molecular weight is 282 g/mol. The Balaban J connectivity index is 1.71. The van der Waals surface area contributed by atoms with Crippen molar-refractivity contribution in [1.29, 1.82) is 0 Å². The smallest absolute Gasteiger partial charge is 0.247 e. The summed E-state index contributed by atoms with van der Waals surface area (Å²) in [6.45, 7) is 0.217. The van der Waals surface area contributed by atoms with Crippen LogP contribution in [-0.4, -0.2) is 18.7 Å². The molecule has 0 saturated carbocycles. The second kappa shape index (κ2) is 4.49. The molecule has 1 saturated heterocycles. The van der Waals surface area contributed by atoms with Crippen molar-refractivity contribution in [2.75, 3.05) is 11.7 Å². The van der Waals surface area contributed by atoms with Crippen molar-refractivity contribution < 1.29 is 14.3 Å². The van der Waals surface area contributed by atoms with E-state index in [0.29, 0.717) is 11.5 Å². The number of carbonyl (C=O) groups is 1. The van der Waals surface area contributed by atoms with Gasteiger partial charge in [0.05, 0.1) is 6.04 Å². The van der Waals surface area contributed by atoms with Gasteiger partial charge in [0, 0.05) is 11.8 Å². The molecule has 0 spiro atoms. The van der Waals surface area contributed by atoms with Gasteiger partial charge in [-0.15, -0.1) is 0 Å². The van der Waals surface area contributed by atoms with E-state index in [9.17, 15) is 4.79 Å². The average Bonchev–Trinajstić information content (AvgIpc) is 2.99. The van der Waals surface area contributed by atoms with E-state index < -0.39 is 6.04 Å². The minimum Gasteiger partial charge on any atom is -0.454 e. The van der Waals surface area contributed by atoms with Gasteiger partial charge in [-0.1, -0.05) is 30.3 Å². The second-order valence-electron chi connectivity index (χ2n) is 5.13. The number of anilines is 1. The molecule has 5 heteroatoms. The van der Waals surface area contributed by atoms with Gasteiger partial charge in [-0.2, -0.15) is 0 Å². The lowest BCUT2D eigenvalue weighted by atomic mass is 9.88. The third-order valence-corrected chi connectivity index (χ3v) is 3.92. The lowest BCUT2D eigenvalue weighted by Crippen LogP contribution is -2.63. The Morgan fingerprint density at radius 3 is 2.62 bits per heavy atom. The molecule has 5 nitrogen and oxygen atoms in total. The number of amides is 1. The van der Waals surface area contributed by atoms with Gasteiger partial charge in [-0.25, -0.2) is 0 Å². The van der Waals surface area contributed by atoms with Crippen LogP contribution in [0, 0.1) is 0 Å². The van der Waals surface area contributed by atoms with Gasteiger partial charge in [0.25, 0.3) is 0 Å². The standard InChI is InChI=1S/C16H14N2O3/c17-14-15(10-4-2-1-3-5-10)18(16(14)19)11-6-7-12-13(8-11)21-9-20-12/h1-8,14-15H,9,17H2/t14-,15+/m1/s1. The third-order valence-electron chi connectivity index (χ3n) is 3.92. The molecule has 2 N–H and O–H groups in total. The number of β-lactam (4-membered cyclic amide) rings is 1. The monoisotopic (exact) mass is 282 g/mol. The van der Waals surface area contributed by atoms with Crippen LogP contribution in [0.15, 0.2) is 48.5 Å². The lowest BCUT2D eigenvalue weighted by Gasteiger charge is -2.45. The normalized spacial score (nSPS) is 23.1. The van der Waals surface area contributed by atoms with Gasteiger partial charge in [-0.05, 0) is 17.7 Å². The predicted molar refractivity (Wildman–Crippen MR) is 77.2 cm³/mol. The minimum atomic E-state index is -0.502. The third kappa shape index (κ3) is 1.78. The van der Waals surface area contributed by atoms with E-state index in [2.05, 4.69) is 0 Å². The number of hydrogen-bond acceptors (Lipinski definition) is 4. The van der Waals surface area contributed by atoms with Crippen molar-refractivity contribution in [2.45, 2.75) is 12.1 Å². The fourth-order valence-electron chi connectivity index (χ4n) is 2.84. The first kappa shape index (κ1) is 12.2. The fraction of sp³-hybridized carbons (Fsp3) is 0.188. The minimum absolute atomic E-state index is 0.0808. The number of benzene rings is 2. The van der Waals surface area contributed by atoms with Crippen molar-refractivity contribution >= 4 is 11.6 Å². The summed E-state index contributed by atoms with van der Waals surface area (Å²) in [4.78, 5) is 13.9. The van der Waals surface area contributed by atoms with Crippen LogP contribution in [0.4, 0.5) is 5.69 Å². The first-order valence-corrected chi connectivity index (χ1v) is 6.79. The molecule has 2 heterocycles. The van der Waals surface area contributed by atoms with Crippen LogP contribution in [0.2, 0.25) is 0 Å². The Bertz CT molecular complexity index is 702. The van der Waals surface area contributed by atoms with Crippen LogP contribution in [0.25, 0.3) is 0 Å². The van der Waals surface area contributed by atoms with Crippen molar-refractivity contribution in [2.24, 2.45) is 5.73 Å². The quantitative estimate of drug-likeness (QED) is 0.853. The van der Waals surface area contributed by atoms with Crippen molar-refractivity contribution in [1.82, 2.24) is 0 Å². The number of fused-ring (bicyclic) bond motifs is 1. The highest BCUT2D eigenvalue weighted by molar-refractivity contribution is 6.05. The molecule has 21 heavy (non-hydrogen) atoms. The van der Waals surface area contributed by atoms with Crippen LogP contribution in [0.3, 0.4) is 0 Å². The first-order valence-electron chi connectivity index (χ1n) is 6.79. The molecule has 2 aliphatic heterocycles. The van der Waals surface area contributed by atoms with Crippen LogP contribution in [0.5, 0.6) is 11.5 Å². The molecule has 0 aliphatic carbocycles. The van der Waals surface area contributed by atoms with Gasteiger partial charge in [0.1, 0.15) is 6.04 Å². The van der Waals surface area contributed by atoms with Gasteiger partial charge in [0.2, 0.25) is 12.7 Å². The van der Waals surface area contributed by atoms with Crippen molar-refractivity contribution in [3.63, 3.8) is 0 Å².